The molecule has 0 fully saturated rings. The van der Waals surface area contributed by atoms with Crippen LogP contribution in [0.1, 0.15) is 26.3 Å². The summed E-state index contributed by atoms with van der Waals surface area (Å²) < 4.78 is 10.2. The van der Waals surface area contributed by atoms with Crippen molar-refractivity contribution >= 4 is 29.4 Å². The number of halogens is 1. The molecule has 0 spiro atoms. The van der Waals surface area contributed by atoms with E-state index in [4.69, 9.17) is 21.1 Å². The summed E-state index contributed by atoms with van der Waals surface area (Å²) in [5.74, 6) is -0.535. The van der Waals surface area contributed by atoms with E-state index in [9.17, 15) is 9.59 Å². The van der Waals surface area contributed by atoms with E-state index in [2.05, 4.69) is 0 Å². The fourth-order valence-electron chi connectivity index (χ4n) is 2.26. The molecule has 5 nitrogen and oxygen atoms in total. The number of carbonyl (C=O) groups is 2. The summed E-state index contributed by atoms with van der Waals surface area (Å²) in [5, 5.41) is 0. The molecule has 114 valence electrons. The van der Waals surface area contributed by atoms with Crippen LogP contribution in [-0.2, 0) is 20.7 Å². The highest BCUT2D eigenvalue weighted by Gasteiger charge is 2.41. The normalized spacial score (nSPS) is 17.3. The number of nitrogens with zero attached hydrogens (tertiary/aromatic N) is 1. The number of ether oxygens (including phenoxy) is 2. The lowest BCUT2D eigenvalue weighted by Crippen LogP contribution is -2.46. The van der Waals surface area contributed by atoms with E-state index in [1.54, 1.807) is 26.8 Å². The number of alkyl halides is 1. The molecule has 2 rings (SSSR count). The summed E-state index contributed by atoms with van der Waals surface area (Å²) >= 11 is 5.44. The van der Waals surface area contributed by atoms with E-state index >= 15 is 0 Å². The second kappa shape index (κ2) is 5.93. The van der Waals surface area contributed by atoms with Crippen molar-refractivity contribution in [3.8, 4) is 0 Å². The van der Waals surface area contributed by atoms with Gasteiger partial charge in [-0.15, -0.1) is 0 Å². The highest BCUT2D eigenvalue weighted by molar-refractivity contribution is 6.17. The Balaban J connectivity index is 2.31. The lowest BCUT2D eigenvalue weighted by atomic mass is 10.1. The number of carbonyl (C=O) groups excluding carboxylic acids is 2. The Bertz CT molecular complexity index is 553. The first-order valence-electron chi connectivity index (χ1n) is 6.66. The van der Waals surface area contributed by atoms with E-state index in [0.29, 0.717) is 12.1 Å². The molecule has 1 unspecified atom stereocenters. The second-order valence-corrected chi connectivity index (χ2v) is 5.99. The molecular weight excluding hydrogens is 294 g/mol. The molecule has 0 aromatic heterocycles. The van der Waals surface area contributed by atoms with Crippen LogP contribution in [0.4, 0.5) is 10.5 Å². The Kier molecular flexibility index (Phi) is 4.42. The molecule has 0 bridgehead atoms. The zero-order valence-corrected chi connectivity index (χ0v) is 13.0. The average Bonchev–Trinajstić information content (AvgIpc) is 2.76. The predicted octanol–water partition coefficient (Wildman–Crippen LogP) is 3.09. The highest BCUT2D eigenvalue weighted by Crippen LogP contribution is 2.33. The van der Waals surface area contributed by atoms with Crippen molar-refractivity contribution in [3.05, 3.63) is 29.8 Å². The molecule has 1 aliphatic heterocycles. The van der Waals surface area contributed by atoms with Crippen molar-refractivity contribution in [2.24, 2.45) is 0 Å². The van der Waals surface area contributed by atoms with Gasteiger partial charge in [-0.3, -0.25) is 4.90 Å². The van der Waals surface area contributed by atoms with Gasteiger partial charge < -0.3 is 9.47 Å². The minimum Gasteiger partial charge on any atom is -0.448 e. The van der Waals surface area contributed by atoms with Crippen LogP contribution in [0.5, 0.6) is 0 Å². The average molecular weight is 312 g/mol. The molecule has 0 N–H and O–H groups in total. The molecule has 0 saturated heterocycles. The minimum atomic E-state index is -0.740. The SMILES string of the molecule is CC(C)(C)OC(=O)N1c2ccccc2CC1C(=O)OCCl. The molecular formula is C15H18ClNO4. The van der Waals surface area contributed by atoms with Gasteiger partial charge in [-0.25, -0.2) is 9.59 Å². The molecule has 1 aromatic rings. The Morgan fingerprint density at radius 1 is 1.33 bits per heavy atom. The number of fused-ring (bicyclic) bond motifs is 1. The molecule has 21 heavy (non-hydrogen) atoms. The number of para-hydroxylation sites is 1. The van der Waals surface area contributed by atoms with Crippen molar-refractivity contribution in [2.75, 3.05) is 11.0 Å². The van der Waals surface area contributed by atoms with E-state index in [0.717, 1.165) is 5.56 Å². The summed E-state index contributed by atoms with van der Waals surface area (Å²) in [4.78, 5) is 25.8. The Labute approximate surface area is 128 Å². The van der Waals surface area contributed by atoms with Crippen LogP contribution in [0.25, 0.3) is 0 Å². The van der Waals surface area contributed by atoms with Crippen LogP contribution in [0.2, 0.25) is 0 Å². The maximum absolute atomic E-state index is 12.4. The smallest absolute Gasteiger partial charge is 0.415 e. The van der Waals surface area contributed by atoms with E-state index in [1.807, 2.05) is 18.2 Å². The van der Waals surface area contributed by atoms with Crippen LogP contribution in [0.3, 0.4) is 0 Å². The second-order valence-electron chi connectivity index (χ2n) is 5.77. The van der Waals surface area contributed by atoms with Crippen LogP contribution in [0.15, 0.2) is 24.3 Å². The first-order chi connectivity index (χ1) is 9.83. The fraction of sp³-hybridized carbons (Fsp3) is 0.467. The predicted molar refractivity (Wildman–Crippen MR) is 79.5 cm³/mol. The minimum absolute atomic E-state index is 0.242. The Morgan fingerprint density at radius 2 is 2.00 bits per heavy atom. The van der Waals surface area contributed by atoms with Crippen molar-refractivity contribution in [3.63, 3.8) is 0 Å². The maximum atomic E-state index is 12.4. The third-order valence-corrected chi connectivity index (χ3v) is 3.14. The quantitative estimate of drug-likeness (QED) is 0.622. The van der Waals surface area contributed by atoms with Crippen molar-refractivity contribution < 1.29 is 19.1 Å². The van der Waals surface area contributed by atoms with Gasteiger partial charge in [0.05, 0.1) is 5.69 Å². The third kappa shape index (κ3) is 3.47. The van der Waals surface area contributed by atoms with Crippen molar-refractivity contribution in [1.29, 1.82) is 0 Å². The Morgan fingerprint density at radius 3 is 2.62 bits per heavy atom. The van der Waals surface area contributed by atoms with Crippen molar-refractivity contribution in [1.82, 2.24) is 0 Å². The summed E-state index contributed by atoms with van der Waals surface area (Å²) in [5.41, 5.74) is 0.929. The fourth-order valence-corrected chi connectivity index (χ4v) is 2.37. The van der Waals surface area contributed by atoms with Gasteiger partial charge in [0.1, 0.15) is 11.6 Å². The summed E-state index contributed by atoms with van der Waals surface area (Å²) in [6.45, 7) is 5.33. The zero-order valence-electron chi connectivity index (χ0n) is 12.3. The molecule has 0 aliphatic carbocycles. The van der Waals surface area contributed by atoms with Gasteiger partial charge in [-0.2, -0.15) is 0 Å². The first kappa shape index (κ1) is 15.6. The van der Waals surface area contributed by atoms with E-state index in [1.165, 1.54) is 4.90 Å². The van der Waals surface area contributed by atoms with Gasteiger partial charge in [-0.05, 0) is 32.4 Å². The van der Waals surface area contributed by atoms with Crippen LogP contribution in [-0.4, -0.2) is 29.8 Å². The number of amides is 1. The van der Waals surface area contributed by atoms with Crippen LogP contribution < -0.4 is 4.90 Å². The highest BCUT2D eigenvalue weighted by atomic mass is 35.5. The molecule has 1 aromatic carbocycles. The molecule has 0 radical (unpaired) electrons. The third-order valence-electron chi connectivity index (χ3n) is 3.04. The number of esters is 1. The van der Waals surface area contributed by atoms with Crippen LogP contribution in [0, 0.1) is 0 Å². The number of rotatable bonds is 2. The topological polar surface area (TPSA) is 55.8 Å². The number of anilines is 1. The first-order valence-corrected chi connectivity index (χ1v) is 7.19. The zero-order chi connectivity index (χ0) is 15.6. The Hall–Kier alpha value is -1.75. The lowest BCUT2D eigenvalue weighted by Gasteiger charge is -2.28. The standard InChI is InChI=1S/C15H18ClNO4/c1-15(2,3)21-14(19)17-11-7-5-4-6-10(11)8-12(17)13(18)20-9-16/h4-7,12H,8-9H2,1-3H3. The number of hydrogen-bond donors (Lipinski definition) is 0. The van der Waals surface area contributed by atoms with Gasteiger partial charge >= 0.3 is 12.1 Å². The van der Waals surface area contributed by atoms with Gasteiger partial charge in [0, 0.05) is 6.42 Å². The number of benzene rings is 1. The summed E-state index contributed by atoms with van der Waals surface area (Å²) in [7, 11) is 0. The van der Waals surface area contributed by atoms with Gasteiger partial charge in [-0.1, -0.05) is 29.8 Å². The van der Waals surface area contributed by atoms with Crippen molar-refractivity contribution in [2.45, 2.75) is 38.8 Å². The van der Waals surface area contributed by atoms with E-state index < -0.39 is 23.7 Å². The molecule has 1 atom stereocenters. The lowest BCUT2D eigenvalue weighted by molar-refractivity contribution is -0.143. The molecule has 1 heterocycles. The summed E-state index contributed by atoms with van der Waals surface area (Å²) in [6, 6.07) is 6.35. The molecule has 1 amide bonds. The van der Waals surface area contributed by atoms with Gasteiger partial charge in [0.15, 0.2) is 6.07 Å². The summed E-state index contributed by atoms with van der Waals surface area (Å²) in [6.07, 6.45) is -0.172. The van der Waals surface area contributed by atoms with Gasteiger partial charge in [0.25, 0.3) is 0 Å². The van der Waals surface area contributed by atoms with Gasteiger partial charge in [0.2, 0.25) is 0 Å². The molecule has 0 saturated carbocycles. The molecule has 6 heteroatoms. The largest absolute Gasteiger partial charge is 0.448 e. The monoisotopic (exact) mass is 311 g/mol. The maximum Gasteiger partial charge on any atom is 0.415 e. The van der Waals surface area contributed by atoms with E-state index in [-0.39, 0.29) is 6.07 Å². The van der Waals surface area contributed by atoms with Crippen LogP contribution >= 0.6 is 11.6 Å². The number of hydrogen-bond acceptors (Lipinski definition) is 4. The molecule has 1 aliphatic rings.